The predicted octanol–water partition coefficient (Wildman–Crippen LogP) is 3.22. The smallest absolute Gasteiger partial charge is 0.240 e. The second kappa shape index (κ2) is 9.47. The number of imidazole rings is 1. The van der Waals surface area contributed by atoms with Gasteiger partial charge in [-0.05, 0) is 44.0 Å². The van der Waals surface area contributed by atoms with Crippen molar-refractivity contribution in [1.82, 2.24) is 19.3 Å². The van der Waals surface area contributed by atoms with Gasteiger partial charge in [0.25, 0.3) is 0 Å². The van der Waals surface area contributed by atoms with Gasteiger partial charge in [0.1, 0.15) is 11.5 Å². The molecule has 0 saturated heterocycles. The molecule has 1 aromatic rings. The highest BCUT2D eigenvalue weighted by Gasteiger charge is 2.19. The summed E-state index contributed by atoms with van der Waals surface area (Å²) in [6.45, 7) is 7.37. The summed E-state index contributed by atoms with van der Waals surface area (Å²) in [7, 11) is -3.58. The monoisotopic (exact) mass is 416 g/mol. The maximum atomic E-state index is 12.7. The lowest BCUT2D eigenvalue weighted by Crippen LogP contribution is -2.38. The molecule has 2 aliphatic heterocycles. The first kappa shape index (κ1) is 21.4. The number of benzene rings is 1. The highest BCUT2D eigenvalue weighted by molar-refractivity contribution is 7.89. The second-order valence-corrected chi connectivity index (χ2v) is 8.78. The fourth-order valence-electron chi connectivity index (χ4n) is 3.23. The third-order valence-corrected chi connectivity index (χ3v) is 6.16. The molecule has 2 heterocycles. The zero-order chi connectivity index (χ0) is 20.9. The first-order valence-corrected chi connectivity index (χ1v) is 11.4. The van der Waals surface area contributed by atoms with Crippen molar-refractivity contribution < 1.29 is 13.2 Å². The normalized spacial score (nSPS) is 13.1. The minimum atomic E-state index is -3.58. The number of nitrogens with zero attached hydrogens (tertiary/aromatic N) is 3. The van der Waals surface area contributed by atoms with E-state index < -0.39 is 10.0 Å². The van der Waals surface area contributed by atoms with Crippen molar-refractivity contribution in [2.24, 2.45) is 0 Å². The Labute approximate surface area is 172 Å². The molecule has 0 bridgehead atoms. The van der Waals surface area contributed by atoms with E-state index in [1.54, 1.807) is 12.1 Å². The lowest BCUT2D eigenvalue weighted by molar-refractivity contribution is 0.126. The predicted molar refractivity (Wildman–Crippen MR) is 112 cm³/mol. The number of hydrogen-bond acceptors (Lipinski definition) is 5. The minimum absolute atomic E-state index is 0.221. The van der Waals surface area contributed by atoms with Crippen molar-refractivity contribution in [3.05, 3.63) is 54.1 Å². The summed E-state index contributed by atoms with van der Waals surface area (Å²) in [5, 5.41) is 0. The summed E-state index contributed by atoms with van der Waals surface area (Å²) in [6, 6.07) is 8.68. The summed E-state index contributed by atoms with van der Waals surface area (Å²) in [5.41, 5.74) is 2.73. The van der Waals surface area contributed by atoms with E-state index in [4.69, 9.17) is 4.74 Å². The van der Waals surface area contributed by atoms with E-state index in [0.29, 0.717) is 19.8 Å². The molecule has 0 saturated carbocycles. The first-order valence-electron chi connectivity index (χ1n) is 9.90. The van der Waals surface area contributed by atoms with Crippen LogP contribution < -0.4 is 4.72 Å². The molecule has 1 unspecified atom stereocenters. The number of aryl methyl sites for hydroxylation is 1. The van der Waals surface area contributed by atoms with Gasteiger partial charge in [0.2, 0.25) is 10.0 Å². The van der Waals surface area contributed by atoms with Crippen molar-refractivity contribution in [3.63, 3.8) is 0 Å². The van der Waals surface area contributed by atoms with Gasteiger partial charge in [0.15, 0.2) is 0 Å². The molecule has 1 atom stereocenters. The zero-order valence-electron chi connectivity index (χ0n) is 17.1. The lowest BCUT2D eigenvalue weighted by atomic mass is 10.2. The second-order valence-electron chi connectivity index (χ2n) is 7.07. The van der Waals surface area contributed by atoms with E-state index in [-0.39, 0.29) is 10.9 Å². The Balaban J connectivity index is 1.70. The van der Waals surface area contributed by atoms with Crippen LogP contribution in [0.2, 0.25) is 0 Å². The van der Waals surface area contributed by atoms with Crippen LogP contribution >= 0.6 is 0 Å². The van der Waals surface area contributed by atoms with Crippen LogP contribution in [-0.4, -0.2) is 42.2 Å². The SMILES string of the molecule is CCCC(COCC)NS(=O)(=O)c1ccc(Cn2ccc3nc(C)nc-3c2)cc1. The van der Waals surface area contributed by atoms with Gasteiger partial charge in [-0.3, -0.25) is 0 Å². The molecule has 1 N–H and O–H groups in total. The molecule has 0 fully saturated rings. The molecule has 7 nitrogen and oxygen atoms in total. The molecule has 1 aromatic carbocycles. The van der Waals surface area contributed by atoms with Crippen molar-refractivity contribution in [3.8, 4) is 11.4 Å². The van der Waals surface area contributed by atoms with E-state index in [1.165, 1.54) is 0 Å². The summed E-state index contributed by atoms with van der Waals surface area (Å²) < 4.78 is 35.6. The molecule has 0 amide bonds. The van der Waals surface area contributed by atoms with Gasteiger partial charge in [-0.2, -0.15) is 0 Å². The molecular formula is C21H28N4O3S. The number of hydrogen-bond donors (Lipinski definition) is 1. The third kappa shape index (κ3) is 5.62. The summed E-state index contributed by atoms with van der Waals surface area (Å²) in [4.78, 5) is 9.01. The van der Waals surface area contributed by atoms with E-state index in [2.05, 4.69) is 14.7 Å². The van der Waals surface area contributed by atoms with Crippen LogP contribution in [0.5, 0.6) is 0 Å². The van der Waals surface area contributed by atoms with Crippen LogP contribution in [0.25, 0.3) is 11.4 Å². The molecule has 0 aliphatic carbocycles. The molecule has 0 spiro atoms. The Kier molecular flexibility index (Phi) is 7.00. The number of nitrogens with one attached hydrogen (secondary N) is 1. The van der Waals surface area contributed by atoms with Crippen LogP contribution in [0.1, 0.15) is 38.1 Å². The topological polar surface area (TPSA) is 86.1 Å². The van der Waals surface area contributed by atoms with E-state index >= 15 is 0 Å². The van der Waals surface area contributed by atoms with Crippen LogP contribution in [0.3, 0.4) is 0 Å². The van der Waals surface area contributed by atoms with Crippen molar-refractivity contribution in [2.75, 3.05) is 13.2 Å². The number of fused-ring (bicyclic) bond motifs is 1. The largest absolute Gasteiger partial charge is 0.380 e. The average molecular weight is 417 g/mol. The van der Waals surface area contributed by atoms with E-state index in [9.17, 15) is 8.42 Å². The van der Waals surface area contributed by atoms with Gasteiger partial charge in [-0.25, -0.2) is 23.1 Å². The Bertz CT molecular complexity index is 999. The fourth-order valence-corrected chi connectivity index (χ4v) is 4.48. The maximum absolute atomic E-state index is 12.7. The van der Waals surface area contributed by atoms with Crippen molar-refractivity contribution >= 4 is 10.0 Å². The van der Waals surface area contributed by atoms with E-state index in [0.717, 1.165) is 35.6 Å². The van der Waals surface area contributed by atoms with Gasteiger partial charge < -0.3 is 9.30 Å². The molecule has 29 heavy (non-hydrogen) atoms. The summed E-state index contributed by atoms with van der Waals surface area (Å²) in [6.07, 6.45) is 5.52. The van der Waals surface area contributed by atoms with Gasteiger partial charge >= 0.3 is 0 Å². The molecule has 0 radical (unpaired) electrons. The first-order chi connectivity index (χ1) is 13.9. The molecule has 8 heteroatoms. The van der Waals surface area contributed by atoms with Crippen LogP contribution in [0.4, 0.5) is 0 Å². The number of pyridine rings is 1. The minimum Gasteiger partial charge on any atom is -0.380 e. The fraction of sp³-hybridized carbons (Fsp3) is 0.429. The van der Waals surface area contributed by atoms with Gasteiger partial charge in [0, 0.05) is 31.6 Å². The van der Waals surface area contributed by atoms with E-state index in [1.807, 2.05) is 55.9 Å². The number of ether oxygens (including phenoxy) is 1. The van der Waals surface area contributed by atoms with Gasteiger partial charge in [-0.15, -0.1) is 0 Å². The molecule has 2 aliphatic rings. The summed E-state index contributed by atoms with van der Waals surface area (Å²) >= 11 is 0. The van der Waals surface area contributed by atoms with Crippen molar-refractivity contribution in [2.45, 2.75) is 51.1 Å². The Morgan fingerprint density at radius 2 is 1.83 bits per heavy atom. The summed E-state index contributed by atoms with van der Waals surface area (Å²) in [5.74, 6) is 0.755. The number of sulfonamides is 1. The highest BCUT2D eigenvalue weighted by atomic mass is 32.2. The van der Waals surface area contributed by atoms with Gasteiger partial charge in [0.05, 0.1) is 17.2 Å². The lowest BCUT2D eigenvalue weighted by Gasteiger charge is -2.18. The molecule has 0 aromatic heterocycles. The Morgan fingerprint density at radius 1 is 1.10 bits per heavy atom. The molecular weight excluding hydrogens is 388 g/mol. The van der Waals surface area contributed by atoms with Crippen LogP contribution in [-0.2, 0) is 21.3 Å². The highest BCUT2D eigenvalue weighted by Crippen LogP contribution is 2.19. The van der Waals surface area contributed by atoms with Crippen LogP contribution in [0, 0.1) is 6.92 Å². The average Bonchev–Trinajstić information content (AvgIpc) is 3.06. The Morgan fingerprint density at radius 3 is 2.52 bits per heavy atom. The standard InChI is InChI=1S/C21H28N4O3S/c1-4-6-18(15-28-5-2)24-29(26,27)19-9-7-17(8-10-19)13-25-12-11-20-21(14-25)23-16(3)22-20/h7-12,14,18,24H,4-6,13,15H2,1-3H3. The van der Waals surface area contributed by atoms with Crippen LogP contribution in [0.15, 0.2) is 47.6 Å². The molecule has 156 valence electrons. The Hall–Kier alpha value is -2.29. The third-order valence-electron chi connectivity index (χ3n) is 4.62. The number of aromatic nitrogens is 3. The van der Waals surface area contributed by atoms with Crippen molar-refractivity contribution in [1.29, 1.82) is 0 Å². The maximum Gasteiger partial charge on any atom is 0.240 e. The number of rotatable bonds is 10. The zero-order valence-corrected chi connectivity index (χ0v) is 17.9. The van der Waals surface area contributed by atoms with Gasteiger partial charge in [-0.1, -0.05) is 25.5 Å². The molecule has 3 rings (SSSR count). The quantitative estimate of drug-likeness (QED) is 0.548.